The summed E-state index contributed by atoms with van der Waals surface area (Å²) in [7, 11) is 0. The predicted molar refractivity (Wildman–Crippen MR) is 198 cm³/mol. The molecule has 3 heterocycles. The largest absolute Gasteiger partial charge is 0.507 e. The molecule has 10 nitrogen and oxygen atoms in total. The third kappa shape index (κ3) is 6.34. The molecule has 50 heavy (non-hydrogen) atoms. The van der Waals surface area contributed by atoms with E-state index in [4.69, 9.17) is 16.3 Å². The molecule has 0 bridgehead atoms. The van der Waals surface area contributed by atoms with Gasteiger partial charge in [-0.15, -0.1) is 11.6 Å². The summed E-state index contributed by atoms with van der Waals surface area (Å²) in [6, 6.07) is 26.1. The highest BCUT2D eigenvalue weighted by atomic mass is 35.5. The van der Waals surface area contributed by atoms with Crippen LogP contribution in [0.2, 0.25) is 0 Å². The summed E-state index contributed by atoms with van der Waals surface area (Å²) < 4.78 is 7.28. The van der Waals surface area contributed by atoms with Gasteiger partial charge in [-0.3, -0.25) is 9.59 Å². The van der Waals surface area contributed by atoms with Crippen LogP contribution in [0.3, 0.4) is 0 Å². The van der Waals surface area contributed by atoms with E-state index in [1.54, 1.807) is 23.1 Å². The van der Waals surface area contributed by atoms with E-state index < -0.39 is 11.7 Å². The number of rotatable bonds is 8. The summed E-state index contributed by atoms with van der Waals surface area (Å²) in [5, 5.41) is 19.9. The van der Waals surface area contributed by atoms with Gasteiger partial charge in [-0.1, -0.05) is 42.5 Å². The number of aromatic hydroxyl groups is 1. The Morgan fingerprint density at radius 2 is 1.72 bits per heavy atom. The highest BCUT2D eigenvalue weighted by Crippen LogP contribution is 2.45. The fraction of sp³-hybridized carbons (Fsp3) is 0.256. The number of nitrogens with zero attached hydrogens (tertiary/aromatic N) is 2. The Morgan fingerprint density at radius 3 is 2.50 bits per heavy atom. The maximum Gasteiger partial charge on any atom is 0.407 e. The predicted octanol–water partition coefficient (Wildman–Crippen LogP) is 8.13. The van der Waals surface area contributed by atoms with Crippen LogP contribution in [-0.2, 0) is 11.3 Å². The second-order valence-electron chi connectivity index (χ2n) is 13.6. The minimum absolute atomic E-state index is 0.0795. The number of hydrogen-bond acceptors (Lipinski definition) is 5. The molecule has 0 saturated heterocycles. The lowest BCUT2D eigenvalue weighted by Gasteiger charge is -2.19. The molecule has 0 radical (unpaired) electrons. The first-order valence-corrected chi connectivity index (χ1v) is 17.2. The first-order chi connectivity index (χ1) is 24.0. The first kappa shape index (κ1) is 33.0. The van der Waals surface area contributed by atoms with E-state index in [0.717, 1.165) is 38.1 Å². The van der Waals surface area contributed by atoms with E-state index in [1.807, 2.05) is 92.1 Å². The van der Waals surface area contributed by atoms with Crippen molar-refractivity contribution in [3.05, 3.63) is 102 Å². The average molecular weight is 692 g/mol. The molecule has 0 saturated carbocycles. The number of phenolic OH excluding ortho intramolecular Hbond substituents is 1. The standard InChI is InChI=1S/C39H38ClN5O5/c1-39(2,3)50-38(49)41-15-8-16-44-31-12-7-4-9-23(31)19-33(44)36(47)42-26-13-14-29-24(17-26)18-30(43-29)37(48)45-22-25(21-40)35-28-11-6-5-10-27(28)34(46)20-32(35)45/h4-7,9-14,17-20,25,43,46H,8,15-16,21-22H2,1-3H3,(H,41,49)(H,42,47)/t25-/m1/s1. The molecule has 0 aliphatic carbocycles. The van der Waals surface area contributed by atoms with Crippen molar-refractivity contribution in [1.29, 1.82) is 0 Å². The molecule has 7 rings (SSSR count). The molecule has 256 valence electrons. The highest BCUT2D eigenvalue weighted by molar-refractivity contribution is 6.19. The van der Waals surface area contributed by atoms with Gasteiger partial charge < -0.3 is 34.9 Å². The van der Waals surface area contributed by atoms with Crippen molar-refractivity contribution in [3.63, 3.8) is 0 Å². The number of hydrogen-bond donors (Lipinski definition) is 4. The maximum atomic E-state index is 13.9. The smallest absolute Gasteiger partial charge is 0.407 e. The normalized spacial score (nSPS) is 14.3. The lowest BCUT2D eigenvalue weighted by atomic mass is 9.95. The molecule has 1 aliphatic heterocycles. The minimum atomic E-state index is -0.582. The number of nitrogens with one attached hydrogen (secondary N) is 3. The fourth-order valence-electron chi connectivity index (χ4n) is 6.79. The van der Waals surface area contributed by atoms with Gasteiger partial charge in [0.15, 0.2) is 0 Å². The van der Waals surface area contributed by atoms with Gasteiger partial charge in [-0.25, -0.2) is 4.79 Å². The Balaban J connectivity index is 1.10. The number of amides is 3. The number of anilines is 2. The van der Waals surface area contributed by atoms with Gasteiger partial charge in [0.05, 0.1) is 5.69 Å². The van der Waals surface area contributed by atoms with Crippen molar-refractivity contribution in [1.82, 2.24) is 14.9 Å². The number of alkyl halides is 1. The Labute approximate surface area is 294 Å². The zero-order valence-electron chi connectivity index (χ0n) is 28.0. The maximum absolute atomic E-state index is 13.9. The second-order valence-corrected chi connectivity index (χ2v) is 13.9. The number of fused-ring (bicyclic) bond motifs is 5. The third-order valence-corrected chi connectivity index (χ3v) is 9.33. The van der Waals surface area contributed by atoms with Gasteiger partial charge in [0.25, 0.3) is 11.8 Å². The van der Waals surface area contributed by atoms with E-state index >= 15 is 0 Å². The van der Waals surface area contributed by atoms with Crippen LogP contribution in [0.5, 0.6) is 5.75 Å². The van der Waals surface area contributed by atoms with Gasteiger partial charge in [-0.2, -0.15) is 0 Å². The quantitative estimate of drug-likeness (QED) is 0.0947. The van der Waals surface area contributed by atoms with Crippen LogP contribution < -0.4 is 15.5 Å². The number of H-pyrrole nitrogens is 1. The molecule has 6 aromatic rings. The summed E-state index contributed by atoms with van der Waals surface area (Å²) >= 11 is 6.39. The topological polar surface area (TPSA) is 129 Å². The lowest BCUT2D eigenvalue weighted by Crippen LogP contribution is -2.33. The molecule has 4 N–H and O–H groups in total. The van der Waals surface area contributed by atoms with E-state index in [1.165, 1.54) is 0 Å². The molecule has 0 unspecified atom stereocenters. The third-order valence-electron chi connectivity index (χ3n) is 8.95. The molecule has 0 fully saturated rings. The number of alkyl carbamates (subject to hydrolysis) is 1. The number of halogens is 1. The summed E-state index contributed by atoms with van der Waals surface area (Å²) in [5.74, 6) is -0.144. The van der Waals surface area contributed by atoms with Crippen molar-refractivity contribution in [3.8, 4) is 5.75 Å². The first-order valence-electron chi connectivity index (χ1n) is 16.6. The van der Waals surface area contributed by atoms with E-state index in [0.29, 0.717) is 54.7 Å². The Morgan fingerprint density at radius 1 is 0.960 bits per heavy atom. The molecule has 1 aliphatic rings. The number of carbonyl (C=O) groups excluding carboxylic acids is 3. The summed E-state index contributed by atoms with van der Waals surface area (Å²) in [6.45, 7) is 6.74. The van der Waals surface area contributed by atoms with Crippen molar-refractivity contribution in [2.24, 2.45) is 0 Å². The summed E-state index contributed by atoms with van der Waals surface area (Å²) in [4.78, 5) is 44.6. The number of ether oxygens (including phenoxy) is 1. The molecule has 1 atom stereocenters. The van der Waals surface area contributed by atoms with Gasteiger partial charge in [0.1, 0.15) is 22.7 Å². The molecular formula is C39H38ClN5O5. The van der Waals surface area contributed by atoms with Crippen LogP contribution in [-0.4, -0.2) is 57.1 Å². The number of phenols is 1. The molecule has 3 amide bonds. The van der Waals surface area contributed by atoms with Crippen LogP contribution in [0.25, 0.3) is 32.6 Å². The zero-order chi connectivity index (χ0) is 35.2. The van der Waals surface area contributed by atoms with E-state index in [9.17, 15) is 19.5 Å². The Bertz CT molecular complexity index is 2280. The van der Waals surface area contributed by atoms with Crippen molar-refractivity contribution in [2.45, 2.75) is 45.3 Å². The molecule has 11 heteroatoms. The minimum Gasteiger partial charge on any atom is -0.507 e. The van der Waals surface area contributed by atoms with Crippen LogP contribution >= 0.6 is 11.6 Å². The van der Waals surface area contributed by atoms with Crippen LogP contribution in [0.1, 0.15) is 59.7 Å². The van der Waals surface area contributed by atoms with E-state index in [-0.39, 0.29) is 23.5 Å². The summed E-state index contributed by atoms with van der Waals surface area (Å²) in [5.41, 5.74) is 4.14. The molecule has 2 aromatic heterocycles. The van der Waals surface area contributed by atoms with Gasteiger partial charge in [-0.05, 0) is 74.5 Å². The Hall–Kier alpha value is -5.48. The number of carbonyl (C=O) groups is 3. The van der Waals surface area contributed by atoms with Crippen molar-refractivity contribution < 1.29 is 24.2 Å². The van der Waals surface area contributed by atoms with Crippen LogP contribution in [0, 0.1) is 0 Å². The molecular weight excluding hydrogens is 654 g/mol. The fourth-order valence-corrected chi connectivity index (χ4v) is 7.04. The second kappa shape index (κ2) is 13.1. The average Bonchev–Trinajstić information content (AvgIpc) is 3.79. The number of benzene rings is 4. The van der Waals surface area contributed by atoms with Gasteiger partial charge in [0.2, 0.25) is 0 Å². The zero-order valence-corrected chi connectivity index (χ0v) is 28.8. The molecule has 0 spiro atoms. The number of para-hydroxylation sites is 1. The number of aromatic nitrogens is 2. The highest BCUT2D eigenvalue weighted by Gasteiger charge is 2.35. The van der Waals surface area contributed by atoms with Crippen molar-refractivity contribution >= 4 is 73.5 Å². The van der Waals surface area contributed by atoms with E-state index in [2.05, 4.69) is 15.6 Å². The monoisotopic (exact) mass is 691 g/mol. The van der Waals surface area contributed by atoms with Crippen molar-refractivity contribution in [2.75, 3.05) is 29.2 Å². The van der Waals surface area contributed by atoms with Gasteiger partial charge >= 0.3 is 6.09 Å². The Kier molecular flexibility index (Phi) is 8.65. The molecule has 4 aromatic carbocycles. The van der Waals surface area contributed by atoms with Crippen LogP contribution in [0.15, 0.2) is 84.9 Å². The van der Waals surface area contributed by atoms with Crippen LogP contribution in [0.4, 0.5) is 16.2 Å². The number of aromatic amines is 1. The van der Waals surface area contributed by atoms with Gasteiger partial charge in [0, 0.05) is 70.4 Å². The summed E-state index contributed by atoms with van der Waals surface area (Å²) in [6.07, 6.45) is 0.114. The number of aryl methyl sites for hydroxylation is 1. The SMILES string of the molecule is CC(C)(C)OC(=O)NCCCn1c(C(=O)Nc2ccc3[nH]c(C(=O)N4C[C@@H](CCl)c5c4cc(O)c4ccccc54)cc3c2)cc2ccccc21. The lowest BCUT2D eigenvalue weighted by molar-refractivity contribution is 0.0526.